The summed E-state index contributed by atoms with van der Waals surface area (Å²) in [6, 6.07) is 0.350. The van der Waals surface area contributed by atoms with Gasteiger partial charge in [0, 0.05) is 18.5 Å². The summed E-state index contributed by atoms with van der Waals surface area (Å²) in [7, 11) is 0. The van der Waals surface area contributed by atoms with Gasteiger partial charge in [-0.25, -0.2) is 0 Å². The average Bonchev–Trinajstić information content (AvgIpc) is 2.47. The molecule has 4 heteroatoms. The van der Waals surface area contributed by atoms with Crippen LogP contribution in [0.15, 0.2) is 0 Å². The van der Waals surface area contributed by atoms with Gasteiger partial charge >= 0.3 is 0 Å². The molecular weight excluding hydrogens is 180 g/mol. The molecule has 2 saturated heterocycles. The molecule has 0 aromatic heterocycles. The molecule has 2 fully saturated rings. The van der Waals surface area contributed by atoms with Crippen molar-refractivity contribution in [1.82, 2.24) is 10.2 Å². The molecule has 2 aliphatic rings. The van der Waals surface area contributed by atoms with Gasteiger partial charge in [0.2, 0.25) is 0 Å². The minimum atomic E-state index is -0.759. The first-order valence-corrected chi connectivity index (χ1v) is 5.39. The van der Waals surface area contributed by atoms with Crippen molar-refractivity contribution in [3.05, 3.63) is 0 Å². The summed E-state index contributed by atoms with van der Waals surface area (Å²) >= 11 is 0. The fraction of sp³-hybridized carbons (Fsp3) is 0.900. The second kappa shape index (κ2) is 3.87. The van der Waals surface area contributed by atoms with E-state index in [-0.39, 0.29) is 11.8 Å². The molecule has 2 heterocycles. The van der Waals surface area contributed by atoms with Gasteiger partial charge in [0.15, 0.2) is 0 Å². The van der Waals surface area contributed by atoms with E-state index in [9.17, 15) is 9.90 Å². The number of likely N-dealkylation sites (tertiary alicyclic amines) is 1. The first kappa shape index (κ1) is 9.93. The van der Waals surface area contributed by atoms with Crippen LogP contribution in [0.2, 0.25) is 0 Å². The van der Waals surface area contributed by atoms with Gasteiger partial charge in [0.05, 0.1) is 0 Å². The minimum Gasteiger partial charge on any atom is -0.383 e. The standard InChI is InChI=1S/C10H18N2O2/c1-7-6-12(10(14)9(7)13)8-2-4-11-5-3-8/h7-9,11,13H,2-6H2,1H3/t7-,9-/m1/s1. The van der Waals surface area contributed by atoms with E-state index in [1.54, 1.807) is 0 Å². The van der Waals surface area contributed by atoms with E-state index in [0.717, 1.165) is 32.5 Å². The summed E-state index contributed by atoms with van der Waals surface area (Å²) < 4.78 is 0. The first-order valence-electron chi connectivity index (χ1n) is 5.39. The highest BCUT2D eigenvalue weighted by Gasteiger charge is 2.39. The minimum absolute atomic E-state index is 0.0654. The van der Waals surface area contributed by atoms with Crippen molar-refractivity contribution in [2.45, 2.75) is 31.9 Å². The Kier molecular flexibility index (Phi) is 2.74. The molecule has 0 aliphatic carbocycles. The molecule has 4 nitrogen and oxygen atoms in total. The molecule has 0 aromatic carbocycles. The van der Waals surface area contributed by atoms with Crippen LogP contribution < -0.4 is 5.32 Å². The van der Waals surface area contributed by atoms with Crippen molar-refractivity contribution in [3.8, 4) is 0 Å². The molecule has 0 saturated carbocycles. The van der Waals surface area contributed by atoms with Gasteiger partial charge < -0.3 is 15.3 Å². The number of hydrogen-bond donors (Lipinski definition) is 2. The van der Waals surface area contributed by atoms with Crippen LogP contribution in [0.4, 0.5) is 0 Å². The maximum atomic E-state index is 11.7. The molecule has 14 heavy (non-hydrogen) atoms. The van der Waals surface area contributed by atoms with E-state index < -0.39 is 6.10 Å². The summed E-state index contributed by atoms with van der Waals surface area (Å²) in [5.74, 6) is 0.0294. The van der Waals surface area contributed by atoms with E-state index in [4.69, 9.17) is 0 Å². The lowest BCUT2D eigenvalue weighted by molar-refractivity contribution is -0.137. The fourth-order valence-corrected chi connectivity index (χ4v) is 2.36. The molecule has 0 spiro atoms. The molecule has 2 atom stereocenters. The Hall–Kier alpha value is -0.610. The molecule has 2 rings (SSSR count). The molecule has 0 aromatic rings. The molecule has 0 unspecified atom stereocenters. The normalized spacial score (nSPS) is 35.3. The highest BCUT2D eigenvalue weighted by Crippen LogP contribution is 2.23. The third-order valence-corrected chi connectivity index (χ3v) is 3.31. The Bertz CT molecular complexity index is 226. The van der Waals surface area contributed by atoms with E-state index >= 15 is 0 Å². The maximum Gasteiger partial charge on any atom is 0.252 e. The lowest BCUT2D eigenvalue weighted by Gasteiger charge is -2.31. The zero-order valence-corrected chi connectivity index (χ0v) is 8.57. The Labute approximate surface area is 84.3 Å². The van der Waals surface area contributed by atoms with Crippen LogP contribution in [-0.4, -0.2) is 47.7 Å². The average molecular weight is 198 g/mol. The molecular formula is C10H18N2O2. The molecule has 0 bridgehead atoms. The molecule has 80 valence electrons. The summed E-state index contributed by atoms with van der Waals surface area (Å²) in [4.78, 5) is 13.5. The molecule has 2 aliphatic heterocycles. The number of carbonyl (C=O) groups is 1. The van der Waals surface area contributed by atoms with Gasteiger partial charge in [-0.2, -0.15) is 0 Å². The van der Waals surface area contributed by atoms with E-state index in [1.807, 2.05) is 11.8 Å². The quantitative estimate of drug-likeness (QED) is 0.601. The van der Waals surface area contributed by atoms with Crippen molar-refractivity contribution in [2.24, 2.45) is 5.92 Å². The van der Waals surface area contributed by atoms with E-state index in [1.165, 1.54) is 0 Å². The van der Waals surface area contributed by atoms with Crippen LogP contribution in [0, 0.1) is 5.92 Å². The van der Waals surface area contributed by atoms with Gasteiger partial charge in [-0.05, 0) is 25.9 Å². The smallest absolute Gasteiger partial charge is 0.252 e. The van der Waals surface area contributed by atoms with Crippen LogP contribution in [0.5, 0.6) is 0 Å². The number of nitrogens with zero attached hydrogens (tertiary/aromatic N) is 1. The van der Waals surface area contributed by atoms with Crippen LogP contribution in [0.3, 0.4) is 0 Å². The largest absolute Gasteiger partial charge is 0.383 e. The van der Waals surface area contributed by atoms with Gasteiger partial charge in [0.1, 0.15) is 6.10 Å². The van der Waals surface area contributed by atoms with Crippen molar-refractivity contribution in [2.75, 3.05) is 19.6 Å². The second-order valence-electron chi connectivity index (χ2n) is 4.39. The predicted molar refractivity (Wildman–Crippen MR) is 52.8 cm³/mol. The topological polar surface area (TPSA) is 52.6 Å². The van der Waals surface area contributed by atoms with Crippen LogP contribution >= 0.6 is 0 Å². The fourth-order valence-electron chi connectivity index (χ4n) is 2.36. The SMILES string of the molecule is C[C@@H]1CN(C2CCNCC2)C(=O)[C@@H]1O. The monoisotopic (exact) mass is 198 g/mol. The Morgan fingerprint density at radius 2 is 2.07 bits per heavy atom. The van der Waals surface area contributed by atoms with E-state index in [0.29, 0.717) is 6.04 Å². The number of aliphatic hydroxyl groups is 1. The summed E-state index contributed by atoms with van der Waals surface area (Å²) in [6.45, 7) is 4.63. The van der Waals surface area contributed by atoms with Gasteiger partial charge in [-0.3, -0.25) is 4.79 Å². The predicted octanol–water partition coefficient (Wildman–Crippen LogP) is -0.422. The highest BCUT2D eigenvalue weighted by atomic mass is 16.3. The number of carbonyl (C=O) groups excluding carboxylic acids is 1. The molecule has 1 amide bonds. The van der Waals surface area contributed by atoms with Crippen molar-refractivity contribution in [3.63, 3.8) is 0 Å². The van der Waals surface area contributed by atoms with Gasteiger partial charge in [-0.1, -0.05) is 6.92 Å². The van der Waals surface area contributed by atoms with Crippen molar-refractivity contribution < 1.29 is 9.90 Å². The zero-order chi connectivity index (χ0) is 10.1. The van der Waals surface area contributed by atoms with Crippen molar-refractivity contribution in [1.29, 1.82) is 0 Å². The number of nitrogens with one attached hydrogen (secondary N) is 1. The van der Waals surface area contributed by atoms with E-state index in [2.05, 4.69) is 5.32 Å². The third-order valence-electron chi connectivity index (χ3n) is 3.31. The lowest BCUT2D eigenvalue weighted by Crippen LogP contribution is -2.44. The summed E-state index contributed by atoms with van der Waals surface area (Å²) in [6.07, 6.45) is 1.28. The van der Waals surface area contributed by atoms with Gasteiger partial charge in [0.25, 0.3) is 5.91 Å². The maximum absolute atomic E-state index is 11.7. The number of rotatable bonds is 1. The van der Waals surface area contributed by atoms with Gasteiger partial charge in [-0.15, -0.1) is 0 Å². The van der Waals surface area contributed by atoms with Crippen LogP contribution in [-0.2, 0) is 4.79 Å². The van der Waals surface area contributed by atoms with Crippen molar-refractivity contribution >= 4 is 5.91 Å². The number of piperidine rings is 1. The Morgan fingerprint density at radius 3 is 2.57 bits per heavy atom. The number of hydrogen-bond acceptors (Lipinski definition) is 3. The zero-order valence-electron chi connectivity index (χ0n) is 8.57. The Balaban J connectivity index is 2.00. The number of aliphatic hydroxyl groups excluding tert-OH is 1. The first-order chi connectivity index (χ1) is 6.70. The second-order valence-corrected chi connectivity index (χ2v) is 4.39. The number of amides is 1. The summed E-state index contributed by atoms with van der Waals surface area (Å²) in [5, 5.41) is 12.8. The lowest BCUT2D eigenvalue weighted by atomic mass is 10.1. The highest BCUT2D eigenvalue weighted by molar-refractivity contribution is 5.83. The molecule has 0 radical (unpaired) electrons. The molecule has 2 N–H and O–H groups in total. The summed E-state index contributed by atoms with van der Waals surface area (Å²) in [5.41, 5.74) is 0. The Morgan fingerprint density at radius 1 is 1.43 bits per heavy atom. The third kappa shape index (κ3) is 1.64. The van der Waals surface area contributed by atoms with Crippen LogP contribution in [0.25, 0.3) is 0 Å². The van der Waals surface area contributed by atoms with Crippen LogP contribution in [0.1, 0.15) is 19.8 Å².